The van der Waals surface area contributed by atoms with Crippen molar-refractivity contribution >= 4 is 11.4 Å². The molecule has 0 fully saturated rings. The molecule has 0 rings (SSSR count). The Kier molecular flexibility index (Phi) is 24.4. The Balaban J connectivity index is -0.0000000450. The van der Waals surface area contributed by atoms with Crippen molar-refractivity contribution in [2.24, 2.45) is 0 Å². The quantitative estimate of drug-likeness (QED) is 0.197. The van der Waals surface area contributed by atoms with Crippen molar-refractivity contribution in [3.63, 3.8) is 0 Å². The Morgan fingerprint density at radius 3 is 1.33 bits per heavy atom. The average molecular weight is 104 g/mol. The van der Waals surface area contributed by atoms with Crippen molar-refractivity contribution in [2.75, 3.05) is 0 Å². The van der Waals surface area contributed by atoms with E-state index in [1.165, 1.54) is 0 Å². The Bertz CT molecular complexity index is 33.8. The third kappa shape index (κ3) is 141. The van der Waals surface area contributed by atoms with Crippen LogP contribution in [0.25, 0.3) is 0 Å². The van der Waals surface area contributed by atoms with Gasteiger partial charge in [0.05, 0.1) is 0 Å². The van der Waals surface area contributed by atoms with E-state index in [0.717, 1.165) is 0 Å². The van der Waals surface area contributed by atoms with Crippen molar-refractivity contribution in [1.82, 2.24) is 0 Å². The molecule has 5 heteroatoms. The van der Waals surface area contributed by atoms with Gasteiger partial charge in [-0.15, -0.1) is 0 Å². The predicted octanol–water partition coefficient (Wildman–Crippen LogP) is -2.86. The minimum atomic E-state index is -2.61. The minimum absolute atomic E-state index is 0. The van der Waals surface area contributed by atoms with E-state index in [0.29, 0.717) is 0 Å². The molecule has 0 spiro atoms. The van der Waals surface area contributed by atoms with E-state index in [1.54, 1.807) is 0 Å². The van der Waals surface area contributed by atoms with Gasteiger partial charge in [-0.1, -0.05) is 0 Å². The van der Waals surface area contributed by atoms with Crippen molar-refractivity contribution in [3.8, 4) is 0 Å². The van der Waals surface area contributed by atoms with Gasteiger partial charge in [-0.25, -0.2) is 0 Å². The number of rotatable bonds is 0. The normalized spacial score (nSPS) is 5.83. The van der Waals surface area contributed by atoms with E-state index in [4.69, 9.17) is 13.3 Å². The third-order valence-electron chi connectivity index (χ3n) is 0. The summed E-state index contributed by atoms with van der Waals surface area (Å²) in [5.74, 6) is 0. The molecule has 6 heavy (non-hydrogen) atoms. The predicted molar refractivity (Wildman–Crippen MR) is 19.8 cm³/mol. The maximum absolute atomic E-state index is 8.67. The zero-order valence-electron chi connectivity index (χ0n) is 3.71. The topological polar surface area (TPSA) is 57.5 Å². The van der Waals surface area contributed by atoms with Gasteiger partial charge in [0, 0.05) is 0 Å². The first-order chi connectivity index (χ1) is 1.73. The Labute approximate surface area is 51.4 Å². The first kappa shape index (κ1) is 15.9. The second kappa shape index (κ2) is 9.18. The maximum atomic E-state index is 8.67. The van der Waals surface area contributed by atoms with Gasteiger partial charge in [-0.05, 0) is 0 Å². The van der Waals surface area contributed by atoms with Crippen molar-refractivity contribution in [3.05, 3.63) is 7.43 Å². The fourth-order valence-corrected chi connectivity index (χ4v) is 0. The fraction of sp³-hybridized carbons (Fsp3) is 0. The molecule has 0 atom stereocenters. The molecule has 0 heterocycles. The molecule has 0 unspecified atom stereocenters. The van der Waals surface area contributed by atoms with Gasteiger partial charge in [0.25, 0.3) is 11.4 Å². The molecule has 0 aromatic heterocycles. The van der Waals surface area contributed by atoms with Gasteiger partial charge >= 0.3 is 18.9 Å². The first-order valence-corrected chi connectivity index (χ1v) is 1.60. The second-order valence-corrected chi connectivity index (χ2v) is 0.692. The summed E-state index contributed by atoms with van der Waals surface area (Å²) in [5, 5.41) is 0. The molecule has 0 bridgehead atoms. The van der Waals surface area contributed by atoms with Gasteiger partial charge in [0.2, 0.25) is 0 Å². The van der Waals surface area contributed by atoms with Crippen molar-refractivity contribution in [1.29, 1.82) is 0 Å². The molecule has 0 amide bonds. The van der Waals surface area contributed by atoms with Gasteiger partial charge in [-0.3, -0.25) is 9.11 Å². The molecule has 0 aliphatic carbocycles. The van der Waals surface area contributed by atoms with Crippen LogP contribution in [-0.4, -0.2) is 13.3 Å². The summed E-state index contributed by atoms with van der Waals surface area (Å²) < 4.78 is 22.8. The smallest absolute Gasteiger partial charge is 0.358 e. The third-order valence-corrected chi connectivity index (χ3v) is 0. The van der Waals surface area contributed by atoms with Gasteiger partial charge < -0.3 is 7.43 Å². The Hall–Kier alpha value is 0.667. The van der Waals surface area contributed by atoms with E-state index >= 15 is 0 Å². The van der Waals surface area contributed by atoms with Gasteiger partial charge in [0.1, 0.15) is 0 Å². The summed E-state index contributed by atoms with van der Waals surface area (Å²) in [6.07, 6.45) is 0. The van der Waals surface area contributed by atoms with E-state index < -0.39 is 11.4 Å². The van der Waals surface area contributed by atoms with Gasteiger partial charge in [-0.2, -0.15) is 4.21 Å². The largest absolute Gasteiger partial charge is 1.00 e. The SMILES string of the molecule is O=S(O)O.[CH3-].[Li+]. The summed E-state index contributed by atoms with van der Waals surface area (Å²) in [7, 11) is 0. The second-order valence-electron chi connectivity index (χ2n) is 0.231. The molecular formula is CH5LiO3S. The van der Waals surface area contributed by atoms with Crippen molar-refractivity contribution in [2.45, 2.75) is 0 Å². The summed E-state index contributed by atoms with van der Waals surface area (Å²) in [4.78, 5) is 0. The minimum Gasteiger partial charge on any atom is -0.358 e. The van der Waals surface area contributed by atoms with Crippen LogP contribution in [0.1, 0.15) is 0 Å². The van der Waals surface area contributed by atoms with Crippen LogP contribution in [0.15, 0.2) is 0 Å². The van der Waals surface area contributed by atoms with E-state index in [1.807, 2.05) is 0 Å². The molecule has 0 aromatic rings. The average Bonchev–Trinajstić information content (AvgIpc) is 0.811. The zero-order chi connectivity index (χ0) is 3.58. The molecule has 3 nitrogen and oxygen atoms in total. The molecule has 0 aromatic carbocycles. The van der Waals surface area contributed by atoms with Crippen LogP contribution < -0.4 is 18.9 Å². The monoisotopic (exact) mass is 104 g/mol. The van der Waals surface area contributed by atoms with Crippen LogP contribution in [0.2, 0.25) is 0 Å². The Morgan fingerprint density at radius 1 is 1.33 bits per heavy atom. The molecule has 0 saturated heterocycles. The molecule has 0 aliphatic heterocycles. The van der Waals surface area contributed by atoms with E-state index in [2.05, 4.69) is 0 Å². The summed E-state index contributed by atoms with van der Waals surface area (Å²) >= 11 is -2.61. The molecule has 0 aliphatic rings. The van der Waals surface area contributed by atoms with Crippen LogP contribution in [-0.2, 0) is 11.4 Å². The van der Waals surface area contributed by atoms with Gasteiger partial charge in [0.15, 0.2) is 0 Å². The van der Waals surface area contributed by atoms with E-state index in [-0.39, 0.29) is 26.3 Å². The van der Waals surface area contributed by atoms with Crippen LogP contribution in [0.4, 0.5) is 0 Å². The van der Waals surface area contributed by atoms with Crippen LogP contribution >= 0.6 is 0 Å². The molecule has 0 radical (unpaired) electrons. The molecule has 0 saturated carbocycles. The molecular weight excluding hydrogens is 99.0 g/mol. The van der Waals surface area contributed by atoms with E-state index in [9.17, 15) is 0 Å². The number of hydrogen-bond acceptors (Lipinski definition) is 1. The zero-order valence-corrected chi connectivity index (χ0v) is 4.53. The van der Waals surface area contributed by atoms with Crippen LogP contribution in [0, 0.1) is 7.43 Å². The summed E-state index contributed by atoms with van der Waals surface area (Å²) in [6, 6.07) is 0. The number of hydrogen-bond donors (Lipinski definition) is 2. The summed E-state index contributed by atoms with van der Waals surface area (Å²) in [6.45, 7) is 0. The first-order valence-electron chi connectivity index (χ1n) is 0.532. The van der Waals surface area contributed by atoms with Crippen LogP contribution in [0.5, 0.6) is 0 Å². The standard InChI is InChI=1S/CH3.Li.H2O3S/c;;1-4(2)3/h1H3;;(H2,1,2,3)/q-1;+1;. The molecule has 2 N–H and O–H groups in total. The molecule has 34 valence electrons. The van der Waals surface area contributed by atoms with Crippen molar-refractivity contribution < 1.29 is 32.2 Å². The summed E-state index contributed by atoms with van der Waals surface area (Å²) in [5.41, 5.74) is 0. The maximum Gasteiger partial charge on any atom is 1.00 e. The van der Waals surface area contributed by atoms with Crippen LogP contribution in [0.3, 0.4) is 0 Å². The Morgan fingerprint density at radius 2 is 1.33 bits per heavy atom. The fourth-order valence-electron chi connectivity index (χ4n) is 0.